The molecule has 0 amide bonds. The monoisotopic (exact) mass is 273 g/mol. The average molecular weight is 273 g/mol. The SMILES string of the molecule is CC(C)(Cc1csc(-c2ccccc2)n1)NC[C]=O. The molecule has 2 rings (SSSR count). The zero-order valence-electron chi connectivity index (χ0n) is 11.1. The molecule has 0 unspecified atom stereocenters. The lowest BCUT2D eigenvalue weighted by molar-refractivity contribution is 0.401. The maximum absolute atomic E-state index is 10.3. The number of benzene rings is 1. The summed E-state index contributed by atoms with van der Waals surface area (Å²) in [7, 11) is 0. The van der Waals surface area contributed by atoms with E-state index in [0.29, 0.717) is 0 Å². The van der Waals surface area contributed by atoms with Gasteiger partial charge in [-0.3, -0.25) is 4.79 Å². The average Bonchev–Trinajstić information content (AvgIpc) is 2.85. The molecule has 1 heterocycles. The van der Waals surface area contributed by atoms with Crippen LogP contribution in [0.1, 0.15) is 19.5 Å². The van der Waals surface area contributed by atoms with Crippen LogP contribution >= 0.6 is 11.3 Å². The van der Waals surface area contributed by atoms with E-state index in [0.717, 1.165) is 22.7 Å². The Bertz CT molecular complexity index is 534. The second kappa shape index (κ2) is 6.08. The minimum absolute atomic E-state index is 0.153. The molecule has 1 aromatic heterocycles. The van der Waals surface area contributed by atoms with Gasteiger partial charge in [0.05, 0.1) is 12.2 Å². The number of hydrogen-bond donors (Lipinski definition) is 1. The third-order valence-corrected chi connectivity index (χ3v) is 3.77. The van der Waals surface area contributed by atoms with Crippen molar-refractivity contribution < 1.29 is 4.79 Å². The van der Waals surface area contributed by atoms with Crippen molar-refractivity contribution in [3.63, 3.8) is 0 Å². The Hall–Kier alpha value is -1.52. The molecule has 0 saturated carbocycles. The first-order valence-electron chi connectivity index (χ1n) is 6.20. The molecule has 1 aromatic carbocycles. The van der Waals surface area contributed by atoms with Gasteiger partial charge >= 0.3 is 0 Å². The molecular formula is C15H17N2OS. The second-order valence-electron chi connectivity index (χ2n) is 5.07. The van der Waals surface area contributed by atoms with Crippen molar-refractivity contribution in [2.45, 2.75) is 25.8 Å². The van der Waals surface area contributed by atoms with E-state index < -0.39 is 0 Å². The Morgan fingerprint density at radius 2 is 2.05 bits per heavy atom. The molecule has 19 heavy (non-hydrogen) atoms. The highest BCUT2D eigenvalue weighted by Gasteiger charge is 2.19. The largest absolute Gasteiger partial charge is 0.304 e. The van der Waals surface area contributed by atoms with Gasteiger partial charge < -0.3 is 5.32 Å². The lowest BCUT2D eigenvalue weighted by Gasteiger charge is -2.23. The minimum Gasteiger partial charge on any atom is -0.304 e. The molecule has 2 aromatic rings. The van der Waals surface area contributed by atoms with E-state index in [4.69, 9.17) is 0 Å². The molecule has 0 fully saturated rings. The third-order valence-electron chi connectivity index (χ3n) is 2.83. The van der Waals surface area contributed by atoms with Crippen LogP contribution in [-0.2, 0) is 11.2 Å². The molecule has 0 aliphatic rings. The number of hydrogen-bond acceptors (Lipinski definition) is 4. The lowest BCUT2D eigenvalue weighted by atomic mass is 9.99. The van der Waals surface area contributed by atoms with Gasteiger partial charge in [0.25, 0.3) is 0 Å². The van der Waals surface area contributed by atoms with Gasteiger partial charge in [-0.2, -0.15) is 0 Å². The molecule has 1 radical (unpaired) electrons. The summed E-state index contributed by atoms with van der Waals surface area (Å²) in [5.41, 5.74) is 2.04. The summed E-state index contributed by atoms with van der Waals surface area (Å²) in [4.78, 5) is 14.9. The van der Waals surface area contributed by atoms with Crippen molar-refractivity contribution in [1.29, 1.82) is 0 Å². The van der Waals surface area contributed by atoms with Gasteiger partial charge in [0, 0.05) is 22.9 Å². The van der Waals surface area contributed by atoms with Crippen LogP contribution in [0.5, 0.6) is 0 Å². The van der Waals surface area contributed by atoms with Crippen LogP contribution in [0.3, 0.4) is 0 Å². The van der Waals surface area contributed by atoms with E-state index in [1.807, 2.05) is 24.5 Å². The van der Waals surface area contributed by atoms with Crippen molar-refractivity contribution in [3.05, 3.63) is 41.4 Å². The van der Waals surface area contributed by atoms with Gasteiger partial charge in [0.15, 0.2) is 0 Å². The maximum Gasteiger partial charge on any atom is 0.213 e. The zero-order valence-corrected chi connectivity index (χ0v) is 12.0. The van der Waals surface area contributed by atoms with Gasteiger partial charge in [0.2, 0.25) is 6.29 Å². The summed E-state index contributed by atoms with van der Waals surface area (Å²) < 4.78 is 0. The van der Waals surface area contributed by atoms with Gasteiger partial charge in [-0.15, -0.1) is 11.3 Å². The van der Waals surface area contributed by atoms with Gasteiger partial charge in [0.1, 0.15) is 5.01 Å². The molecule has 99 valence electrons. The van der Waals surface area contributed by atoms with Crippen molar-refractivity contribution in [1.82, 2.24) is 10.3 Å². The summed E-state index contributed by atoms with van der Waals surface area (Å²) >= 11 is 1.65. The highest BCUT2D eigenvalue weighted by molar-refractivity contribution is 7.13. The normalized spacial score (nSPS) is 11.5. The molecule has 0 aliphatic carbocycles. The van der Waals surface area contributed by atoms with Gasteiger partial charge in [-0.05, 0) is 13.8 Å². The Balaban J connectivity index is 2.07. The van der Waals surface area contributed by atoms with Crippen LogP contribution in [0, 0.1) is 0 Å². The molecule has 1 N–H and O–H groups in total. The molecule has 3 nitrogen and oxygen atoms in total. The Kier molecular flexibility index (Phi) is 4.45. The predicted octanol–water partition coefficient (Wildman–Crippen LogP) is 2.83. The van der Waals surface area contributed by atoms with Crippen molar-refractivity contribution in [2.24, 2.45) is 0 Å². The van der Waals surface area contributed by atoms with Crippen LogP contribution in [0.2, 0.25) is 0 Å². The van der Waals surface area contributed by atoms with E-state index >= 15 is 0 Å². The van der Waals surface area contributed by atoms with E-state index in [1.54, 1.807) is 11.3 Å². The fourth-order valence-corrected chi connectivity index (χ4v) is 2.72. The molecule has 0 spiro atoms. The Morgan fingerprint density at radius 3 is 2.74 bits per heavy atom. The molecule has 0 aliphatic heterocycles. The van der Waals surface area contributed by atoms with E-state index in [-0.39, 0.29) is 12.1 Å². The topological polar surface area (TPSA) is 42.0 Å². The van der Waals surface area contributed by atoms with Gasteiger partial charge in [-0.25, -0.2) is 4.98 Å². The summed E-state index contributed by atoms with van der Waals surface area (Å²) in [6.07, 6.45) is 2.65. The fraction of sp³-hybridized carbons (Fsp3) is 0.333. The summed E-state index contributed by atoms with van der Waals surface area (Å²) in [5.74, 6) is 0. The first-order chi connectivity index (χ1) is 9.11. The second-order valence-corrected chi connectivity index (χ2v) is 5.93. The number of nitrogens with zero attached hydrogens (tertiary/aromatic N) is 1. The number of carbonyl (C=O) groups excluding carboxylic acids is 1. The van der Waals surface area contributed by atoms with E-state index in [1.165, 1.54) is 0 Å². The third kappa shape index (κ3) is 3.98. The van der Waals surface area contributed by atoms with Crippen LogP contribution in [0.15, 0.2) is 35.7 Å². The summed E-state index contributed by atoms with van der Waals surface area (Å²) in [6, 6.07) is 10.2. The van der Waals surface area contributed by atoms with Crippen molar-refractivity contribution in [3.8, 4) is 10.6 Å². The van der Waals surface area contributed by atoms with Crippen LogP contribution in [0.25, 0.3) is 10.6 Å². The number of thiazole rings is 1. The van der Waals surface area contributed by atoms with Crippen LogP contribution < -0.4 is 5.32 Å². The van der Waals surface area contributed by atoms with Crippen molar-refractivity contribution in [2.75, 3.05) is 6.54 Å². The lowest BCUT2D eigenvalue weighted by Crippen LogP contribution is -2.42. The highest BCUT2D eigenvalue weighted by Crippen LogP contribution is 2.24. The minimum atomic E-state index is -0.153. The molecule has 0 bridgehead atoms. The maximum atomic E-state index is 10.3. The Labute approximate surface area is 117 Å². The van der Waals surface area contributed by atoms with Crippen LogP contribution in [0.4, 0.5) is 0 Å². The zero-order chi connectivity index (χ0) is 13.7. The fourth-order valence-electron chi connectivity index (χ4n) is 1.89. The van der Waals surface area contributed by atoms with Crippen molar-refractivity contribution >= 4 is 17.6 Å². The first kappa shape index (κ1) is 13.9. The van der Waals surface area contributed by atoms with E-state index in [9.17, 15) is 4.79 Å². The summed E-state index contributed by atoms with van der Waals surface area (Å²) in [6.45, 7) is 4.38. The van der Waals surface area contributed by atoms with Crippen LogP contribution in [-0.4, -0.2) is 23.4 Å². The molecule has 0 saturated heterocycles. The Morgan fingerprint density at radius 1 is 1.32 bits per heavy atom. The van der Waals surface area contributed by atoms with E-state index in [2.05, 4.69) is 41.7 Å². The number of aromatic nitrogens is 1. The first-order valence-corrected chi connectivity index (χ1v) is 7.08. The summed E-state index contributed by atoms with van der Waals surface area (Å²) in [5, 5.41) is 6.26. The molecule has 0 atom stereocenters. The number of nitrogens with one attached hydrogen (secondary N) is 1. The molecule has 4 heteroatoms. The number of rotatable bonds is 6. The quantitative estimate of drug-likeness (QED) is 0.880. The predicted molar refractivity (Wildman–Crippen MR) is 79.0 cm³/mol. The van der Waals surface area contributed by atoms with Gasteiger partial charge in [-0.1, -0.05) is 30.3 Å². The standard InChI is InChI=1S/C15H17N2OS/c1-15(2,16-8-9-18)10-13-11-19-14(17-13)12-6-4-3-5-7-12/h3-7,11,16H,8,10H2,1-2H3. The molecular weight excluding hydrogens is 256 g/mol. The smallest absolute Gasteiger partial charge is 0.213 e. The highest BCUT2D eigenvalue weighted by atomic mass is 32.1.